The summed E-state index contributed by atoms with van der Waals surface area (Å²) >= 11 is 12.7. The Morgan fingerprint density at radius 3 is 2.63 bits per heavy atom. The van der Waals surface area contributed by atoms with Crippen LogP contribution >= 0.6 is 43.5 Å². The summed E-state index contributed by atoms with van der Waals surface area (Å²) in [6.45, 7) is 0.303. The van der Waals surface area contributed by atoms with E-state index in [1.54, 1.807) is 12.1 Å². The van der Waals surface area contributed by atoms with E-state index >= 15 is 0 Å². The Balaban J connectivity index is 2.12. The Morgan fingerprint density at radius 1 is 1.16 bits per heavy atom. The third kappa shape index (κ3) is 4.20. The lowest BCUT2D eigenvalue weighted by Gasteiger charge is -2.09. The lowest BCUT2D eigenvalue weighted by Crippen LogP contribution is -1.97. The number of rotatable bonds is 4. The molecule has 0 aromatic heterocycles. The van der Waals surface area contributed by atoms with Gasteiger partial charge < -0.3 is 4.74 Å². The predicted octanol–water partition coefficient (Wildman–Crippen LogP) is 5.72. The molecule has 0 aliphatic heterocycles. The quantitative estimate of drug-likeness (QED) is 0.589. The first-order valence-corrected chi connectivity index (χ1v) is 7.80. The summed E-state index contributed by atoms with van der Waals surface area (Å²) in [7, 11) is 0. The van der Waals surface area contributed by atoms with Crippen molar-refractivity contribution in [2.45, 2.75) is 11.9 Å². The highest BCUT2D eigenvalue weighted by atomic mass is 79.9. The van der Waals surface area contributed by atoms with Crippen molar-refractivity contribution >= 4 is 43.5 Å². The average molecular weight is 408 g/mol. The van der Waals surface area contributed by atoms with Crippen molar-refractivity contribution in [3.05, 3.63) is 62.8 Å². The zero-order chi connectivity index (χ0) is 13.8. The minimum absolute atomic E-state index is 0.303. The standard InChI is InChI=1S/C14H10Br2ClFO/c15-7-9-3-12(18)6-13(4-9)19-8-10-1-2-11(16)5-14(10)17/h1-6H,7-8H2. The van der Waals surface area contributed by atoms with Gasteiger partial charge in [0.15, 0.2) is 0 Å². The molecule has 0 aliphatic rings. The van der Waals surface area contributed by atoms with Crippen molar-refractivity contribution in [1.82, 2.24) is 0 Å². The van der Waals surface area contributed by atoms with E-state index in [1.165, 1.54) is 12.1 Å². The number of hydrogen-bond acceptors (Lipinski definition) is 1. The van der Waals surface area contributed by atoms with Crippen LogP contribution in [0, 0.1) is 5.82 Å². The van der Waals surface area contributed by atoms with Crippen LogP contribution < -0.4 is 4.74 Å². The monoisotopic (exact) mass is 406 g/mol. The Kier molecular flexibility index (Phi) is 5.25. The van der Waals surface area contributed by atoms with Gasteiger partial charge in [0.2, 0.25) is 0 Å². The molecule has 2 rings (SSSR count). The second-order valence-corrected chi connectivity index (χ2v) is 5.84. The van der Waals surface area contributed by atoms with Crippen LogP contribution in [0.25, 0.3) is 0 Å². The Hall–Kier alpha value is -0.580. The first-order valence-electron chi connectivity index (χ1n) is 5.50. The number of benzene rings is 2. The molecule has 2 aromatic rings. The largest absolute Gasteiger partial charge is 0.489 e. The molecule has 19 heavy (non-hydrogen) atoms. The lowest BCUT2D eigenvalue weighted by atomic mass is 10.2. The molecule has 0 N–H and O–H groups in total. The Bertz CT molecular complexity index is 590. The summed E-state index contributed by atoms with van der Waals surface area (Å²) in [5.74, 6) is 0.183. The minimum atomic E-state index is -0.311. The van der Waals surface area contributed by atoms with E-state index in [0.29, 0.717) is 22.7 Å². The van der Waals surface area contributed by atoms with Gasteiger partial charge in [-0.1, -0.05) is 49.5 Å². The smallest absolute Gasteiger partial charge is 0.127 e. The number of hydrogen-bond donors (Lipinski definition) is 0. The molecule has 5 heteroatoms. The fraction of sp³-hybridized carbons (Fsp3) is 0.143. The summed E-state index contributed by atoms with van der Waals surface area (Å²) in [5, 5.41) is 1.20. The maximum absolute atomic E-state index is 13.3. The van der Waals surface area contributed by atoms with Crippen molar-refractivity contribution in [3.63, 3.8) is 0 Å². The zero-order valence-electron chi connectivity index (χ0n) is 9.80. The fourth-order valence-electron chi connectivity index (χ4n) is 1.58. The van der Waals surface area contributed by atoms with Crippen molar-refractivity contribution in [2.75, 3.05) is 0 Å². The van der Waals surface area contributed by atoms with Gasteiger partial charge in [-0.2, -0.15) is 0 Å². The third-order valence-electron chi connectivity index (χ3n) is 2.49. The predicted molar refractivity (Wildman–Crippen MR) is 82.5 cm³/mol. The van der Waals surface area contributed by atoms with Gasteiger partial charge in [-0.25, -0.2) is 4.39 Å². The molecule has 0 fully saturated rings. The van der Waals surface area contributed by atoms with Crippen molar-refractivity contribution in [2.24, 2.45) is 0 Å². The normalized spacial score (nSPS) is 10.5. The first-order chi connectivity index (χ1) is 9.08. The van der Waals surface area contributed by atoms with Crippen LogP contribution in [0.15, 0.2) is 40.9 Å². The molecule has 0 radical (unpaired) electrons. The van der Waals surface area contributed by atoms with Gasteiger partial charge in [-0.3, -0.25) is 0 Å². The van der Waals surface area contributed by atoms with E-state index in [1.807, 2.05) is 12.1 Å². The Labute approximate surface area is 133 Å². The molecule has 0 spiro atoms. The second-order valence-electron chi connectivity index (χ2n) is 3.95. The highest BCUT2D eigenvalue weighted by Crippen LogP contribution is 2.24. The molecular formula is C14H10Br2ClFO. The first kappa shape index (κ1) is 14.8. The van der Waals surface area contributed by atoms with Gasteiger partial charge in [-0.15, -0.1) is 0 Å². The summed E-state index contributed by atoms with van der Waals surface area (Å²) in [6, 6.07) is 10.2. The van der Waals surface area contributed by atoms with Gasteiger partial charge in [0.1, 0.15) is 18.2 Å². The van der Waals surface area contributed by atoms with E-state index in [4.69, 9.17) is 16.3 Å². The second kappa shape index (κ2) is 6.73. The van der Waals surface area contributed by atoms with E-state index in [-0.39, 0.29) is 5.82 Å². The molecule has 0 saturated heterocycles. The summed E-state index contributed by atoms with van der Waals surface area (Å²) in [4.78, 5) is 0. The molecule has 0 bridgehead atoms. The average Bonchev–Trinajstić information content (AvgIpc) is 2.37. The molecule has 1 nitrogen and oxygen atoms in total. The molecule has 100 valence electrons. The molecular weight excluding hydrogens is 398 g/mol. The molecule has 0 atom stereocenters. The third-order valence-corrected chi connectivity index (χ3v) is 3.99. The molecule has 0 saturated carbocycles. The topological polar surface area (TPSA) is 9.23 Å². The highest BCUT2D eigenvalue weighted by Gasteiger charge is 2.05. The molecule has 0 amide bonds. The van der Waals surface area contributed by atoms with Crippen LogP contribution in [0.4, 0.5) is 4.39 Å². The van der Waals surface area contributed by atoms with Crippen LogP contribution in [0.3, 0.4) is 0 Å². The Morgan fingerprint density at radius 2 is 1.95 bits per heavy atom. The van der Waals surface area contributed by atoms with E-state index in [9.17, 15) is 4.39 Å². The van der Waals surface area contributed by atoms with Crippen LogP contribution in [-0.2, 0) is 11.9 Å². The summed E-state index contributed by atoms with van der Waals surface area (Å²) in [5.41, 5.74) is 1.69. The number of ether oxygens (including phenoxy) is 1. The molecule has 0 heterocycles. The summed E-state index contributed by atoms with van der Waals surface area (Å²) < 4.78 is 19.8. The number of halogens is 4. The maximum Gasteiger partial charge on any atom is 0.127 e. The van der Waals surface area contributed by atoms with Crippen LogP contribution in [0.2, 0.25) is 5.02 Å². The fourth-order valence-corrected chi connectivity index (χ4v) is 2.63. The molecule has 0 aliphatic carbocycles. The van der Waals surface area contributed by atoms with Gasteiger partial charge >= 0.3 is 0 Å². The highest BCUT2D eigenvalue weighted by molar-refractivity contribution is 9.10. The van der Waals surface area contributed by atoms with Crippen LogP contribution in [-0.4, -0.2) is 0 Å². The summed E-state index contributed by atoms with van der Waals surface area (Å²) in [6.07, 6.45) is 0. The van der Waals surface area contributed by atoms with Crippen molar-refractivity contribution in [3.8, 4) is 5.75 Å². The van der Waals surface area contributed by atoms with Gasteiger partial charge in [-0.05, 0) is 29.8 Å². The van der Waals surface area contributed by atoms with E-state index in [2.05, 4.69) is 31.9 Å². The van der Waals surface area contributed by atoms with E-state index < -0.39 is 0 Å². The van der Waals surface area contributed by atoms with Gasteiger partial charge in [0.05, 0.1) is 0 Å². The zero-order valence-corrected chi connectivity index (χ0v) is 13.7. The maximum atomic E-state index is 13.3. The molecule has 0 unspecified atom stereocenters. The number of alkyl halides is 1. The SMILES string of the molecule is Fc1cc(CBr)cc(OCc2ccc(Br)cc2Cl)c1. The van der Waals surface area contributed by atoms with Gasteiger partial charge in [0.25, 0.3) is 0 Å². The minimum Gasteiger partial charge on any atom is -0.489 e. The van der Waals surface area contributed by atoms with Crippen LogP contribution in [0.5, 0.6) is 5.75 Å². The van der Waals surface area contributed by atoms with E-state index in [0.717, 1.165) is 15.6 Å². The molecule has 2 aromatic carbocycles. The lowest BCUT2D eigenvalue weighted by molar-refractivity contribution is 0.304. The van der Waals surface area contributed by atoms with Gasteiger partial charge in [0, 0.05) is 26.5 Å². The van der Waals surface area contributed by atoms with Crippen molar-refractivity contribution < 1.29 is 9.13 Å². The van der Waals surface area contributed by atoms with Crippen molar-refractivity contribution in [1.29, 1.82) is 0 Å². The van der Waals surface area contributed by atoms with Crippen LogP contribution in [0.1, 0.15) is 11.1 Å².